The van der Waals surface area contributed by atoms with E-state index in [0.29, 0.717) is 38.0 Å². The van der Waals surface area contributed by atoms with E-state index in [0.717, 1.165) is 12.1 Å². The third kappa shape index (κ3) is 3.81. The van der Waals surface area contributed by atoms with Gasteiger partial charge in [-0.05, 0) is 24.3 Å². The molecule has 1 aromatic heterocycles. The largest absolute Gasteiger partial charge is 0.416 e. The maximum Gasteiger partial charge on any atom is 0.416 e. The average molecular weight is 368 g/mol. The van der Waals surface area contributed by atoms with Crippen molar-refractivity contribution in [3.05, 3.63) is 41.2 Å². The Hall–Kier alpha value is -2.58. The van der Waals surface area contributed by atoms with Crippen LogP contribution in [0.3, 0.4) is 0 Å². The summed E-state index contributed by atoms with van der Waals surface area (Å²) >= 11 is 0. The van der Waals surface area contributed by atoms with Crippen molar-refractivity contribution in [2.75, 3.05) is 31.1 Å². The number of nitrogens with zero attached hydrogens (tertiary/aromatic N) is 4. The van der Waals surface area contributed by atoms with E-state index in [2.05, 4.69) is 10.1 Å². The Kier molecular flexibility index (Phi) is 4.88. The maximum absolute atomic E-state index is 12.6. The van der Waals surface area contributed by atoms with Crippen LogP contribution in [-0.4, -0.2) is 47.1 Å². The molecule has 0 aliphatic carbocycles. The fourth-order valence-electron chi connectivity index (χ4n) is 2.67. The number of halogens is 3. The Morgan fingerprint density at radius 2 is 1.73 bits per heavy atom. The van der Waals surface area contributed by atoms with Gasteiger partial charge in [-0.2, -0.15) is 18.2 Å². The summed E-state index contributed by atoms with van der Waals surface area (Å²) in [6, 6.07) is 4.70. The van der Waals surface area contributed by atoms with Crippen LogP contribution in [0.25, 0.3) is 0 Å². The Morgan fingerprint density at radius 1 is 1.12 bits per heavy atom. The minimum atomic E-state index is -4.41. The molecule has 26 heavy (non-hydrogen) atoms. The lowest BCUT2D eigenvalue weighted by molar-refractivity contribution is -0.137. The van der Waals surface area contributed by atoms with Crippen LogP contribution in [0, 0.1) is 0 Å². The standard InChI is InChI=1S/C17H19F3N4O2/c1-11(2)14-21-16(26-22-14)24-9-7-23(8-10-24)15(25)12-3-5-13(6-4-12)17(18,19)20/h3-6,11H,7-10H2,1-2H3. The number of benzene rings is 1. The van der Waals surface area contributed by atoms with Crippen LogP contribution in [0.1, 0.15) is 41.5 Å². The highest BCUT2D eigenvalue weighted by Gasteiger charge is 2.31. The van der Waals surface area contributed by atoms with Crippen molar-refractivity contribution in [2.45, 2.75) is 25.9 Å². The van der Waals surface area contributed by atoms with Crippen LogP contribution in [0.4, 0.5) is 19.2 Å². The van der Waals surface area contributed by atoms with E-state index >= 15 is 0 Å². The maximum atomic E-state index is 12.6. The summed E-state index contributed by atoms with van der Waals surface area (Å²) in [5.41, 5.74) is -0.525. The number of carbonyl (C=O) groups is 1. The second kappa shape index (κ2) is 6.97. The van der Waals surface area contributed by atoms with Crippen LogP contribution < -0.4 is 4.90 Å². The van der Waals surface area contributed by atoms with Crippen LogP contribution in [0.15, 0.2) is 28.8 Å². The second-order valence-electron chi connectivity index (χ2n) is 6.44. The zero-order chi connectivity index (χ0) is 18.9. The fraction of sp³-hybridized carbons (Fsp3) is 0.471. The van der Waals surface area contributed by atoms with Crippen molar-refractivity contribution in [3.8, 4) is 0 Å². The SMILES string of the molecule is CC(C)c1noc(N2CCN(C(=O)c3ccc(C(F)(F)F)cc3)CC2)n1. The summed E-state index contributed by atoms with van der Waals surface area (Å²) in [5.74, 6) is 0.505. The van der Waals surface area contributed by atoms with Gasteiger partial charge in [-0.25, -0.2) is 0 Å². The first kappa shape index (κ1) is 18.2. The third-order valence-electron chi connectivity index (χ3n) is 4.24. The zero-order valence-corrected chi connectivity index (χ0v) is 14.5. The van der Waals surface area contributed by atoms with Crippen molar-refractivity contribution >= 4 is 11.9 Å². The third-order valence-corrected chi connectivity index (χ3v) is 4.24. The molecule has 0 saturated carbocycles. The first-order chi connectivity index (χ1) is 12.3. The van der Waals surface area contributed by atoms with E-state index < -0.39 is 11.7 Å². The van der Waals surface area contributed by atoms with E-state index in [-0.39, 0.29) is 17.4 Å². The van der Waals surface area contributed by atoms with Gasteiger partial charge in [-0.3, -0.25) is 4.79 Å². The zero-order valence-electron chi connectivity index (χ0n) is 14.5. The highest BCUT2D eigenvalue weighted by Crippen LogP contribution is 2.29. The molecule has 0 atom stereocenters. The molecule has 0 N–H and O–H groups in total. The smallest absolute Gasteiger partial charge is 0.335 e. The molecular formula is C17H19F3N4O2. The minimum Gasteiger partial charge on any atom is -0.335 e. The van der Waals surface area contributed by atoms with E-state index in [1.807, 2.05) is 18.7 Å². The van der Waals surface area contributed by atoms with E-state index in [4.69, 9.17) is 4.52 Å². The topological polar surface area (TPSA) is 62.5 Å². The molecule has 1 amide bonds. The van der Waals surface area contributed by atoms with Gasteiger partial charge in [-0.1, -0.05) is 19.0 Å². The molecule has 0 spiro atoms. The van der Waals surface area contributed by atoms with Crippen molar-refractivity contribution in [1.29, 1.82) is 0 Å². The number of rotatable bonds is 3. The predicted molar refractivity (Wildman–Crippen MR) is 87.9 cm³/mol. The molecule has 1 aromatic carbocycles. The highest BCUT2D eigenvalue weighted by atomic mass is 19.4. The quantitative estimate of drug-likeness (QED) is 0.833. The van der Waals surface area contributed by atoms with Gasteiger partial charge in [0.25, 0.3) is 5.91 Å². The van der Waals surface area contributed by atoms with E-state index in [1.54, 1.807) is 4.90 Å². The van der Waals surface area contributed by atoms with Crippen LogP contribution in [0.2, 0.25) is 0 Å². The molecule has 2 aromatic rings. The van der Waals surface area contributed by atoms with Gasteiger partial charge >= 0.3 is 12.2 Å². The lowest BCUT2D eigenvalue weighted by Gasteiger charge is -2.33. The van der Waals surface area contributed by atoms with Crippen LogP contribution in [-0.2, 0) is 6.18 Å². The molecular weight excluding hydrogens is 349 g/mol. The molecule has 1 aliphatic heterocycles. The van der Waals surface area contributed by atoms with Gasteiger partial charge in [0.1, 0.15) is 0 Å². The summed E-state index contributed by atoms with van der Waals surface area (Å²) in [6.45, 7) is 5.83. The summed E-state index contributed by atoms with van der Waals surface area (Å²) < 4.78 is 43.1. The number of anilines is 1. The Labute approximate surface area is 148 Å². The molecule has 1 fully saturated rings. The summed E-state index contributed by atoms with van der Waals surface area (Å²) in [5, 5.41) is 3.92. The molecule has 6 nitrogen and oxygen atoms in total. The van der Waals surface area contributed by atoms with Crippen molar-refractivity contribution in [2.24, 2.45) is 0 Å². The van der Waals surface area contributed by atoms with Gasteiger partial charge < -0.3 is 14.3 Å². The number of amides is 1. The monoisotopic (exact) mass is 368 g/mol. The molecule has 0 unspecified atom stereocenters. The normalized spacial score (nSPS) is 15.6. The van der Waals surface area contributed by atoms with Crippen molar-refractivity contribution in [3.63, 3.8) is 0 Å². The van der Waals surface area contributed by atoms with E-state index in [9.17, 15) is 18.0 Å². The molecule has 0 radical (unpaired) electrons. The second-order valence-corrected chi connectivity index (χ2v) is 6.44. The summed E-state index contributed by atoms with van der Waals surface area (Å²) in [6.07, 6.45) is -4.41. The first-order valence-corrected chi connectivity index (χ1v) is 8.31. The summed E-state index contributed by atoms with van der Waals surface area (Å²) in [4.78, 5) is 20.3. The molecule has 2 heterocycles. The number of piperazine rings is 1. The van der Waals surface area contributed by atoms with Gasteiger partial charge in [0.05, 0.1) is 5.56 Å². The van der Waals surface area contributed by atoms with Gasteiger partial charge in [-0.15, -0.1) is 0 Å². The number of carbonyl (C=O) groups excluding carboxylic acids is 1. The number of aromatic nitrogens is 2. The lowest BCUT2D eigenvalue weighted by atomic mass is 10.1. The molecule has 1 saturated heterocycles. The molecule has 9 heteroatoms. The van der Waals surface area contributed by atoms with Crippen LogP contribution in [0.5, 0.6) is 0 Å². The van der Waals surface area contributed by atoms with Gasteiger partial charge in [0.15, 0.2) is 5.82 Å². The Balaban J connectivity index is 1.61. The fourth-order valence-corrected chi connectivity index (χ4v) is 2.67. The van der Waals surface area contributed by atoms with Gasteiger partial charge in [0, 0.05) is 37.7 Å². The molecule has 1 aliphatic rings. The highest BCUT2D eigenvalue weighted by molar-refractivity contribution is 5.94. The van der Waals surface area contributed by atoms with E-state index in [1.165, 1.54) is 12.1 Å². The number of hydrogen-bond donors (Lipinski definition) is 0. The first-order valence-electron chi connectivity index (χ1n) is 8.31. The molecule has 0 bridgehead atoms. The Bertz CT molecular complexity index is 763. The minimum absolute atomic E-state index is 0.162. The Morgan fingerprint density at radius 3 is 2.23 bits per heavy atom. The summed E-state index contributed by atoms with van der Waals surface area (Å²) in [7, 11) is 0. The van der Waals surface area contributed by atoms with Crippen LogP contribution >= 0.6 is 0 Å². The average Bonchev–Trinajstić information content (AvgIpc) is 3.11. The van der Waals surface area contributed by atoms with Crippen molar-refractivity contribution in [1.82, 2.24) is 15.0 Å². The number of hydrogen-bond acceptors (Lipinski definition) is 5. The molecule has 3 rings (SSSR count). The number of alkyl halides is 3. The van der Waals surface area contributed by atoms with Gasteiger partial charge in [0.2, 0.25) is 0 Å². The predicted octanol–water partition coefficient (Wildman–Crippen LogP) is 3.17. The molecule has 140 valence electrons. The van der Waals surface area contributed by atoms with Crippen molar-refractivity contribution < 1.29 is 22.5 Å². The lowest BCUT2D eigenvalue weighted by Crippen LogP contribution is -2.49.